The zero-order valence-corrected chi connectivity index (χ0v) is 9.75. The number of nitrogens with two attached hydrogens (primary N) is 2. The van der Waals surface area contributed by atoms with Gasteiger partial charge in [-0.05, 0) is 38.2 Å². The molecule has 1 aromatic carbocycles. The van der Waals surface area contributed by atoms with Crippen LogP contribution in [-0.4, -0.2) is 25.0 Å². The predicted octanol–water partition coefficient (Wildman–Crippen LogP) is 1.06. The molecule has 1 aromatic rings. The van der Waals surface area contributed by atoms with Crippen molar-refractivity contribution in [2.45, 2.75) is 19.5 Å². The zero-order valence-electron chi connectivity index (χ0n) is 9.75. The lowest BCUT2D eigenvalue weighted by atomic mass is 10.0. The number of halogens is 1. The second-order valence-electron chi connectivity index (χ2n) is 3.71. The van der Waals surface area contributed by atoms with Crippen molar-refractivity contribution < 1.29 is 4.39 Å². The van der Waals surface area contributed by atoms with Crippen LogP contribution in [0.4, 0.5) is 4.39 Å². The lowest BCUT2D eigenvalue weighted by molar-refractivity contribution is 0.172. The number of likely N-dealkylation sites (tertiary alicyclic amines) is 1. The molecule has 16 heavy (non-hydrogen) atoms. The van der Waals surface area contributed by atoms with Gasteiger partial charge < -0.3 is 11.5 Å². The minimum Gasteiger partial charge on any atom is -0.333 e. The average molecular weight is 225 g/mol. The molecule has 90 valence electrons. The molecule has 1 aliphatic heterocycles. The van der Waals surface area contributed by atoms with Gasteiger partial charge in [0.15, 0.2) is 0 Å². The Balaban J connectivity index is 0.000000606. The molecule has 2 rings (SSSR count). The average Bonchev–Trinajstić information content (AvgIpc) is 2.26. The van der Waals surface area contributed by atoms with E-state index in [4.69, 9.17) is 5.73 Å². The number of nitrogens with zero attached hydrogens (tertiary/aromatic N) is 1. The molecule has 0 spiro atoms. The Hall–Kier alpha value is -0.970. The van der Waals surface area contributed by atoms with Gasteiger partial charge >= 0.3 is 0 Å². The second kappa shape index (κ2) is 6.58. The van der Waals surface area contributed by atoms with Crippen LogP contribution in [-0.2, 0) is 13.1 Å². The third-order valence-electron chi connectivity index (χ3n) is 2.76. The van der Waals surface area contributed by atoms with Gasteiger partial charge in [0.05, 0.1) is 0 Å². The maximum Gasteiger partial charge on any atom is 0.128 e. The van der Waals surface area contributed by atoms with Crippen molar-refractivity contribution in [3.8, 4) is 0 Å². The summed E-state index contributed by atoms with van der Waals surface area (Å²) in [5.74, 6) is -0.175. The van der Waals surface area contributed by atoms with Crippen LogP contribution in [0.15, 0.2) is 18.2 Å². The molecule has 4 heteroatoms. The quantitative estimate of drug-likeness (QED) is 0.809. The first-order valence-corrected chi connectivity index (χ1v) is 5.57. The summed E-state index contributed by atoms with van der Waals surface area (Å²) in [5, 5.41) is 0. The van der Waals surface area contributed by atoms with Gasteiger partial charge in [0, 0.05) is 18.7 Å². The Morgan fingerprint density at radius 1 is 1.31 bits per heavy atom. The molecule has 0 atom stereocenters. The van der Waals surface area contributed by atoms with E-state index in [2.05, 4.69) is 10.6 Å². The molecule has 0 amide bonds. The van der Waals surface area contributed by atoms with Gasteiger partial charge in [-0.25, -0.2) is 4.39 Å². The molecule has 1 saturated heterocycles. The zero-order chi connectivity index (χ0) is 12.0. The molecule has 4 N–H and O–H groups in total. The fourth-order valence-electron chi connectivity index (χ4n) is 1.76. The van der Waals surface area contributed by atoms with Gasteiger partial charge in [-0.15, -0.1) is 0 Å². The van der Waals surface area contributed by atoms with Crippen molar-refractivity contribution in [1.29, 1.82) is 0 Å². The SMILES string of the molecule is CN.NCc1c(F)cccc1CN1CCC1. The number of rotatable bonds is 3. The first-order valence-electron chi connectivity index (χ1n) is 5.57. The lowest BCUT2D eigenvalue weighted by Gasteiger charge is -2.31. The van der Waals surface area contributed by atoms with E-state index in [1.165, 1.54) is 19.5 Å². The van der Waals surface area contributed by atoms with Crippen molar-refractivity contribution >= 4 is 0 Å². The first kappa shape index (κ1) is 13.1. The second-order valence-corrected chi connectivity index (χ2v) is 3.71. The van der Waals surface area contributed by atoms with Crippen molar-refractivity contribution in [2.24, 2.45) is 11.5 Å². The summed E-state index contributed by atoms with van der Waals surface area (Å²) >= 11 is 0. The Morgan fingerprint density at radius 3 is 2.50 bits per heavy atom. The maximum atomic E-state index is 13.3. The molecule has 0 aromatic heterocycles. The topological polar surface area (TPSA) is 55.3 Å². The van der Waals surface area contributed by atoms with E-state index in [9.17, 15) is 4.39 Å². The molecule has 0 bridgehead atoms. The normalized spacial score (nSPS) is 15.0. The summed E-state index contributed by atoms with van der Waals surface area (Å²) < 4.78 is 13.3. The van der Waals surface area contributed by atoms with Crippen molar-refractivity contribution in [3.63, 3.8) is 0 Å². The Labute approximate surface area is 96.2 Å². The summed E-state index contributed by atoms with van der Waals surface area (Å²) in [6.45, 7) is 3.38. The van der Waals surface area contributed by atoms with E-state index in [1.54, 1.807) is 6.07 Å². The smallest absolute Gasteiger partial charge is 0.128 e. The molecule has 3 nitrogen and oxygen atoms in total. The standard InChI is InChI=1S/C11H15FN2.CH5N/c12-11-4-1-3-9(10(11)7-13)8-14-5-2-6-14;1-2/h1,3-4H,2,5-8,13H2;2H2,1H3. The summed E-state index contributed by atoms with van der Waals surface area (Å²) in [5.41, 5.74) is 11.7. The fraction of sp³-hybridized carbons (Fsp3) is 0.500. The Morgan fingerprint density at radius 2 is 2.00 bits per heavy atom. The van der Waals surface area contributed by atoms with E-state index in [1.807, 2.05) is 6.07 Å². The molecule has 0 unspecified atom stereocenters. The number of benzene rings is 1. The van der Waals surface area contributed by atoms with Crippen LogP contribution >= 0.6 is 0 Å². The third kappa shape index (κ3) is 3.01. The number of hydrogen-bond donors (Lipinski definition) is 2. The van der Waals surface area contributed by atoms with Crippen LogP contribution in [0.25, 0.3) is 0 Å². The molecule has 1 heterocycles. The Kier molecular flexibility index (Phi) is 5.38. The molecule has 1 fully saturated rings. The minimum atomic E-state index is -0.175. The highest BCUT2D eigenvalue weighted by Gasteiger charge is 2.16. The third-order valence-corrected chi connectivity index (χ3v) is 2.76. The van der Waals surface area contributed by atoms with Crippen LogP contribution < -0.4 is 11.5 Å². The van der Waals surface area contributed by atoms with Crippen LogP contribution in [0.3, 0.4) is 0 Å². The van der Waals surface area contributed by atoms with Crippen molar-refractivity contribution in [3.05, 3.63) is 35.1 Å². The largest absolute Gasteiger partial charge is 0.333 e. The highest BCUT2D eigenvalue weighted by Crippen LogP contribution is 2.18. The summed E-state index contributed by atoms with van der Waals surface area (Å²) in [7, 11) is 1.50. The van der Waals surface area contributed by atoms with E-state index >= 15 is 0 Å². The van der Waals surface area contributed by atoms with Crippen molar-refractivity contribution in [1.82, 2.24) is 4.90 Å². The van der Waals surface area contributed by atoms with Gasteiger partial charge in [-0.2, -0.15) is 0 Å². The highest BCUT2D eigenvalue weighted by molar-refractivity contribution is 5.28. The van der Waals surface area contributed by atoms with Crippen molar-refractivity contribution in [2.75, 3.05) is 20.1 Å². The molecule has 0 aliphatic carbocycles. The predicted molar refractivity (Wildman–Crippen MR) is 64.3 cm³/mol. The van der Waals surface area contributed by atoms with E-state index < -0.39 is 0 Å². The van der Waals surface area contributed by atoms with Crippen LogP contribution in [0.2, 0.25) is 0 Å². The first-order chi connectivity index (χ1) is 7.81. The fourth-order valence-corrected chi connectivity index (χ4v) is 1.76. The lowest BCUT2D eigenvalue weighted by Crippen LogP contribution is -2.36. The Bertz CT molecular complexity index is 324. The molecular formula is C12H20FN3. The van der Waals surface area contributed by atoms with E-state index in [0.717, 1.165) is 25.2 Å². The number of hydrogen-bond acceptors (Lipinski definition) is 3. The molecule has 0 saturated carbocycles. The summed E-state index contributed by atoms with van der Waals surface area (Å²) in [4.78, 5) is 2.30. The molecule has 1 aliphatic rings. The van der Waals surface area contributed by atoms with Gasteiger partial charge in [-0.3, -0.25) is 4.90 Å². The highest BCUT2D eigenvalue weighted by atomic mass is 19.1. The van der Waals surface area contributed by atoms with Gasteiger partial charge in [-0.1, -0.05) is 12.1 Å². The van der Waals surface area contributed by atoms with E-state index in [0.29, 0.717) is 5.56 Å². The van der Waals surface area contributed by atoms with Crippen LogP contribution in [0, 0.1) is 5.82 Å². The monoisotopic (exact) mass is 225 g/mol. The van der Waals surface area contributed by atoms with Gasteiger partial charge in [0.25, 0.3) is 0 Å². The summed E-state index contributed by atoms with van der Waals surface area (Å²) in [6, 6.07) is 5.19. The summed E-state index contributed by atoms with van der Waals surface area (Å²) in [6.07, 6.45) is 1.26. The molecular weight excluding hydrogens is 205 g/mol. The van der Waals surface area contributed by atoms with Gasteiger partial charge in [0.1, 0.15) is 5.82 Å². The van der Waals surface area contributed by atoms with Crippen LogP contribution in [0.1, 0.15) is 17.5 Å². The van der Waals surface area contributed by atoms with E-state index in [-0.39, 0.29) is 12.4 Å². The molecule has 0 radical (unpaired) electrons. The van der Waals surface area contributed by atoms with Gasteiger partial charge in [0.2, 0.25) is 0 Å². The van der Waals surface area contributed by atoms with Crippen LogP contribution in [0.5, 0.6) is 0 Å². The minimum absolute atomic E-state index is 0.175. The maximum absolute atomic E-state index is 13.3.